The largest absolute Gasteiger partial charge is 0.497 e. The van der Waals surface area contributed by atoms with E-state index in [1.807, 2.05) is 0 Å². The van der Waals surface area contributed by atoms with Crippen LogP contribution in [0.2, 0.25) is 5.02 Å². The maximum atomic E-state index is 13.1. The molecule has 0 unspecified atom stereocenters. The van der Waals surface area contributed by atoms with Crippen molar-refractivity contribution >= 4 is 33.2 Å². The highest BCUT2D eigenvalue weighted by Gasteiger charge is 2.32. The molecule has 2 aromatic rings. The van der Waals surface area contributed by atoms with Gasteiger partial charge in [0.1, 0.15) is 17.5 Å². The van der Waals surface area contributed by atoms with Crippen LogP contribution in [0.3, 0.4) is 0 Å². The van der Waals surface area contributed by atoms with Crippen LogP contribution < -0.4 is 19.1 Å². The van der Waals surface area contributed by atoms with Crippen molar-refractivity contribution in [1.29, 1.82) is 0 Å². The molecule has 30 heavy (non-hydrogen) atoms. The fourth-order valence-electron chi connectivity index (χ4n) is 3.21. The van der Waals surface area contributed by atoms with E-state index in [0.29, 0.717) is 22.2 Å². The van der Waals surface area contributed by atoms with E-state index < -0.39 is 28.0 Å². The molecule has 9 heteroatoms. The molecule has 0 aromatic heterocycles. The number of carbonyl (C=O) groups is 1. The lowest BCUT2D eigenvalue weighted by atomic mass is 10.1. The SMILES string of the molecule is CC[C@H](C(=O)N[C@H](C)c1cc(OC)ccc1OC)N(c1ccc(Cl)cc1)S(C)(=O)=O. The summed E-state index contributed by atoms with van der Waals surface area (Å²) in [4.78, 5) is 13.1. The number of halogens is 1. The van der Waals surface area contributed by atoms with Gasteiger partial charge in [0.15, 0.2) is 0 Å². The van der Waals surface area contributed by atoms with Crippen molar-refractivity contribution in [3.05, 3.63) is 53.1 Å². The molecule has 0 saturated carbocycles. The first kappa shape index (κ1) is 23.8. The van der Waals surface area contributed by atoms with Crippen LogP contribution >= 0.6 is 11.6 Å². The Kier molecular flexibility index (Phi) is 7.97. The van der Waals surface area contributed by atoms with E-state index in [2.05, 4.69) is 5.32 Å². The minimum Gasteiger partial charge on any atom is -0.497 e. The second kappa shape index (κ2) is 10.0. The summed E-state index contributed by atoms with van der Waals surface area (Å²) in [6, 6.07) is 10.2. The predicted octanol–water partition coefficient (Wildman–Crippen LogP) is 3.78. The molecule has 164 valence electrons. The normalized spacial score (nSPS) is 13.3. The van der Waals surface area contributed by atoms with E-state index in [-0.39, 0.29) is 6.42 Å². The summed E-state index contributed by atoms with van der Waals surface area (Å²) in [5, 5.41) is 3.38. The molecule has 1 amide bonds. The fourth-order valence-corrected chi connectivity index (χ4v) is 4.55. The molecule has 0 bridgehead atoms. The standard InChI is InChI=1S/C21H27ClN2O5S/c1-6-19(24(30(5,26)27)16-9-7-15(22)8-10-16)21(25)23-14(2)18-13-17(28-3)11-12-20(18)29-4/h7-14,19H,6H2,1-5H3,(H,23,25)/t14-,19-/m1/s1. The summed E-state index contributed by atoms with van der Waals surface area (Å²) in [6.45, 7) is 3.56. The van der Waals surface area contributed by atoms with Crippen molar-refractivity contribution in [3.63, 3.8) is 0 Å². The van der Waals surface area contributed by atoms with Crippen LogP contribution in [0.4, 0.5) is 5.69 Å². The van der Waals surface area contributed by atoms with Crippen molar-refractivity contribution in [2.75, 3.05) is 24.8 Å². The molecule has 0 aliphatic heterocycles. The Bertz CT molecular complexity index is 979. The minimum absolute atomic E-state index is 0.281. The smallest absolute Gasteiger partial charge is 0.244 e. The zero-order chi connectivity index (χ0) is 22.5. The fraction of sp³-hybridized carbons (Fsp3) is 0.381. The Balaban J connectivity index is 2.35. The third kappa shape index (κ3) is 5.58. The number of hydrogen-bond donors (Lipinski definition) is 1. The van der Waals surface area contributed by atoms with Gasteiger partial charge in [-0.3, -0.25) is 9.10 Å². The molecular weight excluding hydrogens is 428 g/mol. The predicted molar refractivity (Wildman–Crippen MR) is 119 cm³/mol. The Hall–Kier alpha value is -2.45. The highest BCUT2D eigenvalue weighted by molar-refractivity contribution is 7.92. The summed E-state index contributed by atoms with van der Waals surface area (Å²) < 4.78 is 36.8. The molecule has 0 aliphatic rings. The van der Waals surface area contributed by atoms with Crippen molar-refractivity contribution in [3.8, 4) is 11.5 Å². The van der Waals surface area contributed by atoms with Crippen molar-refractivity contribution in [2.24, 2.45) is 0 Å². The van der Waals surface area contributed by atoms with Gasteiger partial charge in [-0.05, 0) is 55.8 Å². The van der Waals surface area contributed by atoms with Gasteiger partial charge in [-0.25, -0.2) is 8.42 Å². The van der Waals surface area contributed by atoms with Gasteiger partial charge in [0.05, 0.1) is 32.2 Å². The summed E-state index contributed by atoms with van der Waals surface area (Å²) in [5.41, 5.74) is 1.09. The van der Waals surface area contributed by atoms with Gasteiger partial charge >= 0.3 is 0 Å². The lowest BCUT2D eigenvalue weighted by Crippen LogP contribution is -2.49. The number of sulfonamides is 1. The molecule has 7 nitrogen and oxygen atoms in total. The Labute approximate surface area is 183 Å². The van der Waals surface area contributed by atoms with Crippen molar-refractivity contribution in [1.82, 2.24) is 5.32 Å². The van der Waals surface area contributed by atoms with Gasteiger partial charge < -0.3 is 14.8 Å². The molecule has 2 rings (SSSR count). The van der Waals surface area contributed by atoms with Gasteiger partial charge in [-0.1, -0.05) is 18.5 Å². The maximum absolute atomic E-state index is 13.1. The molecule has 0 fully saturated rings. The third-order valence-corrected chi connectivity index (χ3v) is 6.10. The summed E-state index contributed by atoms with van der Waals surface area (Å²) in [6.07, 6.45) is 1.36. The van der Waals surface area contributed by atoms with Gasteiger partial charge in [0.2, 0.25) is 15.9 Å². The van der Waals surface area contributed by atoms with Gasteiger partial charge in [0.25, 0.3) is 0 Å². The van der Waals surface area contributed by atoms with Crippen LogP contribution in [-0.4, -0.2) is 40.8 Å². The van der Waals surface area contributed by atoms with Crippen LogP contribution in [-0.2, 0) is 14.8 Å². The molecule has 0 saturated heterocycles. The number of amides is 1. The zero-order valence-corrected chi connectivity index (χ0v) is 19.3. The van der Waals surface area contributed by atoms with Crippen LogP contribution in [0.15, 0.2) is 42.5 Å². The van der Waals surface area contributed by atoms with Gasteiger partial charge in [0, 0.05) is 10.6 Å². The van der Waals surface area contributed by atoms with Crippen LogP contribution in [0.25, 0.3) is 0 Å². The molecule has 0 radical (unpaired) electrons. The zero-order valence-electron chi connectivity index (χ0n) is 17.7. The quantitative estimate of drug-likeness (QED) is 0.623. The summed E-state index contributed by atoms with van der Waals surface area (Å²) in [5.74, 6) is 0.794. The molecule has 0 aliphatic carbocycles. The molecule has 2 atom stereocenters. The number of hydrogen-bond acceptors (Lipinski definition) is 5. The first-order chi connectivity index (χ1) is 14.1. The Morgan fingerprint density at radius 1 is 1.13 bits per heavy atom. The summed E-state index contributed by atoms with van der Waals surface area (Å²) >= 11 is 5.93. The second-order valence-electron chi connectivity index (χ2n) is 6.80. The molecule has 2 aromatic carbocycles. The van der Waals surface area contributed by atoms with Gasteiger partial charge in [-0.15, -0.1) is 0 Å². The highest BCUT2D eigenvalue weighted by Crippen LogP contribution is 2.30. The molecule has 0 spiro atoms. The Morgan fingerprint density at radius 3 is 2.27 bits per heavy atom. The number of anilines is 1. The van der Waals surface area contributed by atoms with E-state index in [4.69, 9.17) is 21.1 Å². The third-order valence-electron chi connectivity index (χ3n) is 4.67. The van der Waals surface area contributed by atoms with E-state index in [9.17, 15) is 13.2 Å². The second-order valence-corrected chi connectivity index (χ2v) is 9.09. The van der Waals surface area contributed by atoms with Crippen LogP contribution in [0, 0.1) is 0 Å². The number of benzene rings is 2. The van der Waals surface area contributed by atoms with Gasteiger partial charge in [-0.2, -0.15) is 0 Å². The van der Waals surface area contributed by atoms with Crippen molar-refractivity contribution < 1.29 is 22.7 Å². The number of ether oxygens (including phenoxy) is 2. The average Bonchev–Trinajstić information content (AvgIpc) is 2.71. The topological polar surface area (TPSA) is 84.9 Å². The van der Waals surface area contributed by atoms with E-state index in [1.54, 1.807) is 70.5 Å². The number of rotatable bonds is 9. The number of nitrogens with zero attached hydrogens (tertiary/aromatic N) is 1. The lowest BCUT2D eigenvalue weighted by molar-refractivity contribution is -0.122. The number of nitrogens with one attached hydrogen (secondary N) is 1. The van der Waals surface area contributed by atoms with Crippen LogP contribution in [0.5, 0.6) is 11.5 Å². The lowest BCUT2D eigenvalue weighted by Gasteiger charge is -2.31. The summed E-state index contributed by atoms with van der Waals surface area (Å²) in [7, 11) is -0.630. The first-order valence-electron chi connectivity index (χ1n) is 9.39. The van der Waals surface area contributed by atoms with E-state index in [0.717, 1.165) is 16.1 Å². The highest BCUT2D eigenvalue weighted by atomic mass is 35.5. The maximum Gasteiger partial charge on any atom is 0.244 e. The van der Waals surface area contributed by atoms with Crippen molar-refractivity contribution in [2.45, 2.75) is 32.4 Å². The van der Waals surface area contributed by atoms with E-state index in [1.165, 1.54) is 0 Å². The number of carbonyl (C=O) groups excluding carboxylic acids is 1. The minimum atomic E-state index is -3.73. The molecular formula is C21H27ClN2O5S. The van der Waals surface area contributed by atoms with E-state index >= 15 is 0 Å². The average molecular weight is 455 g/mol. The first-order valence-corrected chi connectivity index (χ1v) is 11.6. The molecule has 0 heterocycles. The Morgan fingerprint density at radius 2 is 1.77 bits per heavy atom. The monoisotopic (exact) mass is 454 g/mol. The molecule has 1 N–H and O–H groups in total. The number of methoxy groups -OCH3 is 2. The van der Waals surface area contributed by atoms with Crippen LogP contribution in [0.1, 0.15) is 31.9 Å².